The monoisotopic (exact) mass is 430 g/mol. The number of fused-ring (bicyclic) bond motifs is 2. The standard InChI is InChI=1S/C21H30N6O4/c1-11(2)26(13-5-12(6-13)8-28)7-14-16-17(31-21(3,4)30-16)20(29-14)27-10-25-15-18(22)23-9-24-19(15)27/h8-14,16-17,20H,5-7H2,1-4H3,(H2,22,23,24). The lowest BCUT2D eigenvalue weighted by Crippen LogP contribution is -2.52. The predicted molar refractivity (Wildman–Crippen MR) is 112 cm³/mol. The molecule has 2 saturated heterocycles. The van der Waals surface area contributed by atoms with Crippen LogP contribution in [-0.2, 0) is 19.0 Å². The van der Waals surface area contributed by atoms with E-state index in [2.05, 4.69) is 33.7 Å². The maximum atomic E-state index is 11.1. The van der Waals surface area contributed by atoms with Gasteiger partial charge in [-0.3, -0.25) is 9.47 Å². The maximum Gasteiger partial charge on any atom is 0.167 e. The number of nitrogens with two attached hydrogens (primary N) is 1. The van der Waals surface area contributed by atoms with Crippen LogP contribution in [0.5, 0.6) is 0 Å². The number of aromatic nitrogens is 4. The Bertz CT molecular complexity index is 972. The Labute approximate surface area is 181 Å². The summed E-state index contributed by atoms with van der Waals surface area (Å²) in [6, 6.07) is 0.712. The number of carbonyl (C=O) groups excluding carboxylic acids is 1. The van der Waals surface area contributed by atoms with Gasteiger partial charge in [0.25, 0.3) is 0 Å². The second kappa shape index (κ2) is 7.47. The second-order valence-corrected chi connectivity index (χ2v) is 9.52. The van der Waals surface area contributed by atoms with Crippen molar-refractivity contribution in [3.8, 4) is 0 Å². The summed E-state index contributed by atoms with van der Waals surface area (Å²) in [6.07, 6.45) is 4.83. The topological polar surface area (TPSA) is 118 Å². The largest absolute Gasteiger partial charge is 0.382 e. The van der Waals surface area contributed by atoms with Crippen LogP contribution in [0.15, 0.2) is 12.7 Å². The smallest absolute Gasteiger partial charge is 0.167 e. The van der Waals surface area contributed by atoms with Gasteiger partial charge >= 0.3 is 0 Å². The minimum Gasteiger partial charge on any atom is -0.382 e. The zero-order valence-electron chi connectivity index (χ0n) is 18.3. The van der Waals surface area contributed by atoms with Crippen molar-refractivity contribution in [2.45, 2.75) is 82.9 Å². The summed E-state index contributed by atoms with van der Waals surface area (Å²) >= 11 is 0. The third kappa shape index (κ3) is 3.51. The minimum atomic E-state index is -0.707. The molecule has 2 aromatic rings. The number of anilines is 1. The predicted octanol–water partition coefficient (Wildman–Crippen LogP) is 1.51. The van der Waals surface area contributed by atoms with Gasteiger partial charge in [0.1, 0.15) is 36.4 Å². The van der Waals surface area contributed by atoms with E-state index < -0.39 is 12.0 Å². The molecule has 4 unspecified atom stereocenters. The molecule has 0 aromatic carbocycles. The van der Waals surface area contributed by atoms with Crippen molar-refractivity contribution in [2.75, 3.05) is 12.3 Å². The second-order valence-electron chi connectivity index (χ2n) is 9.52. The molecule has 2 N–H and O–H groups in total. The number of carbonyl (C=O) groups is 1. The minimum absolute atomic E-state index is 0.170. The first kappa shape index (κ1) is 20.7. The highest BCUT2D eigenvalue weighted by Gasteiger charge is 2.56. The number of rotatable bonds is 6. The Morgan fingerprint density at radius 3 is 2.71 bits per heavy atom. The average Bonchev–Trinajstić information content (AvgIpc) is 3.32. The van der Waals surface area contributed by atoms with Crippen LogP contribution in [0.25, 0.3) is 11.2 Å². The van der Waals surface area contributed by atoms with Gasteiger partial charge in [-0.15, -0.1) is 0 Å². The van der Waals surface area contributed by atoms with Crippen molar-refractivity contribution in [3.63, 3.8) is 0 Å². The summed E-state index contributed by atoms with van der Waals surface area (Å²) in [5.74, 6) is -0.204. The molecule has 10 nitrogen and oxygen atoms in total. The molecule has 168 valence electrons. The zero-order valence-corrected chi connectivity index (χ0v) is 18.3. The van der Waals surface area contributed by atoms with Gasteiger partial charge in [-0.2, -0.15) is 0 Å². The normalized spacial score (nSPS) is 34.4. The molecule has 3 fully saturated rings. The molecule has 10 heteroatoms. The molecule has 5 rings (SSSR count). The number of hydrogen-bond donors (Lipinski definition) is 1. The zero-order chi connectivity index (χ0) is 21.9. The van der Waals surface area contributed by atoms with Crippen LogP contribution >= 0.6 is 0 Å². The Morgan fingerprint density at radius 1 is 1.26 bits per heavy atom. The van der Waals surface area contributed by atoms with E-state index in [1.165, 1.54) is 6.33 Å². The number of hydrogen-bond acceptors (Lipinski definition) is 9. The van der Waals surface area contributed by atoms with Crippen molar-refractivity contribution < 1.29 is 19.0 Å². The summed E-state index contributed by atoms with van der Waals surface area (Å²) in [5, 5.41) is 0. The lowest BCUT2D eigenvalue weighted by Gasteiger charge is -2.44. The third-order valence-corrected chi connectivity index (χ3v) is 6.65. The number of nitrogens with zero attached hydrogens (tertiary/aromatic N) is 5. The highest BCUT2D eigenvalue weighted by Crippen LogP contribution is 2.44. The first-order chi connectivity index (χ1) is 14.8. The molecule has 1 aliphatic carbocycles. The van der Waals surface area contributed by atoms with Gasteiger partial charge < -0.3 is 24.7 Å². The number of aldehydes is 1. The van der Waals surface area contributed by atoms with E-state index in [1.807, 2.05) is 18.4 Å². The molecule has 2 aliphatic heterocycles. The van der Waals surface area contributed by atoms with Crippen LogP contribution in [-0.4, -0.2) is 73.4 Å². The summed E-state index contributed by atoms with van der Waals surface area (Å²) < 4.78 is 20.9. The Hall–Kier alpha value is -2.14. The number of nitrogen functional groups attached to an aromatic ring is 1. The van der Waals surface area contributed by atoms with E-state index in [4.69, 9.17) is 19.9 Å². The first-order valence-corrected chi connectivity index (χ1v) is 10.9. The van der Waals surface area contributed by atoms with E-state index >= 15 is 0 Å². The molecule has 4 heterocycles. The third-order valence-electron chi connectivity index (χ3n) is 6.65. The van der Waals surface area contributed by atoms with Gasteiger partial charge in [0.2, 0.25) is 0 Å². The molecule has 2 aromatic heterocycles. The molecule has 3 aliphatic rings. The fourth-order valence-corrected chi connectivity index (χ4v) is 5.09. The molecule has 0 spiro atoms. The molecular weight excluding hydrogens is 400 g/mol. The van der Waals surface area contributed by atoms with Gasteiger partial charge in [0.05, 0.1) is 6.33 Å². The molecule has 4 atom stereocenters. The Morgan fingerprint density at radius 2 is 2.00 bits per heavy atom. The van der Waals surface area contributed by atoms with E-state index in [0.29, 0.717) is 35.6 Å². The van der Waals surface area contributed by atoms with Crippen LogP contribution in [0.1, 0.15) is 46.8 Å². The van der Waals surface area contributed by atoms with Crippen molar-refractivity contribution in [2.24, 2.45) is 5.92 Å². The highest BCUT2D eigenvalue weighted by molar-refractivity contribution is 5.81. The fraction of sp³-hybridized carbons (Fsp3) is 0.714. The van der Waals surface area contributed by atoms with Crippen molar-refractivity contribution in [1.29, 1.82) is 0 Å². The van der Waals surface area contributed by atoms with Crippen LogP contribution in [0.3, 0.4) is 0 Å². The molecule has 1 saturated carbocycles. The summed E-state index contributed by atoms with van der Waals surface area (Å²) in [5.41, 5.74) is 7.12. The summed E-state index contributed by atoms with van der Waals surface area (Å²) in [4.78, 5) is 26.3. The lowest BCUT2D eigenvalue weighted by molar-refractivity contribution is -0.199. The maximum absolute atomic E-state index is 11.1. The van der Waals surface area contributed by atoms with Crippen LogP contribution in [0.2, 0.25) is 0 Å². The van der Waals surface area contributed by atoms with Gasteiger partial charge in [0.15, 0.2) is 23.5 Å². The number of ether oxygens (including phenoxy) is 3. The van der Waals surface area contributed by atoms with Crippen molar-refractivity contribution >= 4 is 23.3 Å². The first-order valence-electron chi connectivity index (χ1n) is 10.9. The van der Waals surface area contributed by atoms with Crippen molar-refractivity contribution in [1.82, 2.24) is 24.4 Å². The SMILES string of the molecule is CC(C)N(CC1OC(n2cnc3c(N)ncnc32)C2OC(C)(C)OC12)C1CC(C=O)C1. The summed E-state index contributed by atoms with van der Waals surface area (Å²) in [7, 11) is 0. The van der Waals surface area contributed by atoms with Crippen LogP contribution < -0.4 is 5.73 Å². The van der Waals surface area contributed by atoms with Crippen molar-refractivity contribution in [3.05, 3.63) is 12.7 Å². The van der Waals surface area contributed by atoms with Gasteiger partial charge in [-0.25, -0.2) is 15.0 Å². The van der Waals surface area contributed by atoms with E-state index in [0.717, 1.165) is 19.1 Å². The molecule has 31 heavy (non-hydrogen) atoms. The van der Waals surface area contributed by atoms with E-state index in [1.54, 1.807) is 6.33 Å². The molecular formula is C21H30N6O4. The van der Waals surface area contributed by atoms with Crippen LogP contribution in [0.4, 0.5) is 5.82 Å². The lowest BCUT2D eigenvalue weighted by atomic mass is 9.79. The molecule has 0 amide bonds. The quantitative estimate of drug-likeness (QED) is 0.680. The van der Waals surface area contributed by atoms with Gasteiger partial charge in [0, 0.05) is 24.5 Å². The fourth-order valence-electron chi connectivity index (χ4n) is 5.09. The Kier molecular flexibility index (Phi) is 5.00. The van der Waals surface area contributed by atoms with Gasteiger partial charge in [-0.1, -0.05) is 0 Å². The Balaban J connectivity index is 1.42. The average molecular weight is 431 g/mol. The molecule has 0 radical (unpaired) electrons. The van der Waals surface area contributed by atoms with E-state index in [9.17, 15) is 4.79 Å². The highest BCUT2D eigenvalue weighted by atomic mass is 16.8. The van der Waals surface area contributed by atoms with E-state index in [-0.39, 0.29) is 24.2 Å². The van der Waals surface area contributed by atoms with Gasteiger partial charge in [-0.05, 0) is 40.5 Å². The number of imidazole rings is 1. The van der Waals surface area contributed by atoms with Crippen LogP contribution in [0, 0.1) is 5.92 Å². The molecule has 0 bridgehead atoms. The summed E-state index contributed by atoms with van der Waals surface area (Å²) in [6.45, 7) is 8.90.